The summed E-state index contributed by atoms with van der Waals surface area (Å²) in [4.78, 5) is 11.7. The topological polar surface area (TPSA) is 64.3 Å². The van der Waals surface area contributed by atoms with E-state index in [4.69, 9.17) is 10.5 Å². The molecule has 15 heavy (non-hydrogen) atoms. The zero-order valence-corrected chi connectivity index (χ0v) is 9.20. The first-order chi connectivity index (χ1) is 6.97. The normalized spacial score (nSPS) is 11.1. The van der Waals surface area contributed by atoms with Crippen LogP contribution in [0.3, 0.4) is 0 Å². The van der Waals surface area contributed by atoms with Crippen molar-refractivity contribution in [1.29, 1.82) is 0 Å². The highest BCUT2D eigenvalue weighted by Gasteiger charge is 2.27. The largest absolute Gasteiger partial charge is 0.397 e. The number of nitrogen functional groups attached to an aromatic ring is 1. The van der Waals surface area contributed by atoms with Gasteiger partial charge < -0.3 is 15.8 Å². The van der Waals surface area contributed by atoms with Crippen LogP contribution < -0.4 is 11.1 Å². The monoisotopic (exact) mass is 208 g/mol. The molecule has 0 radical (unpaired) electrons. The SMILES string of the molecule is COC(C)(C)C(=O)Nc1ccccc1N. The molecule has 0 saturated heterocycles. The standard InChI is InChI=1S/C11H16N2O2/c1-11(2,15-3)10(14)13-9-7-5-4-6-8(9)12/h4-7H,12H2,1-3H3,(H,13,14). The molecule has 0 fully saturated rings. The molecule has 0 aliphatic heterocycles. The maximum Gasteiger partial charge on any atom is 0.256 e. The molecule has 0 heterocycles. The van der Waals surface area contributed by atoms with E-state index in [2.05, 4.69) is 5.32 Å². The third-order valence-corrected chi connectivity index (χ3v) is 2.27. The lowest BCUT2D eigenvalue weighted by molar-refractivity contribution is -0.133. The summed E-state index contributed by atoms with van der Waals surface area (Å²) in [5.74, 6) is -0.220. The molecule has 4 heteroatoms. The molecule has 0 aromatic heterocycles. The van der Waals surface area contributed by atoms with Crippen LogP contribution in [-0.4, -0.2) is 18.6 Å². The lowest BCUT2D eigenvalue weighted by Gasteiger charge is -2.22. The van der Waals surface area contributed by atoms with Crippen LogP contribution >= 0.6 is 0 Å². The van der Waals surface area contributed by atoms with Crippen LogP contribution in [0.25, 0.3) is 0 Å². The van der Waals surface area contributed by atoms with Crippen molar-refractivity contribution in [2.45, 2.75) is 19.4 Å². The number of para-hydroxylation sites is 2. The number of hydrogen-bond donors (Lipinski definition) is 2. The molecule has 82 valence electrons. The fraction of sp³-hybridized carbons (Fsp3) is 0.364. The Morgan fingerprint density at radius 2 is 2.00 bits per heavy atom. The highest BCUT2D eigenvalue weighted by atomic mass is 16.5. The minimum atomic E-state index is -0.859. The molecule has 3 N–H and O–H groups in total. The van der Waals surface area contributed by atoms with Crippen LogP contribution in [0, 0.1) is 0 Å². The predicted molar refractivity (Wildman–Crippen MR) is 60.6 cm³/mol. The van der Waals surface area contributed by atoms with E-state index >= 15 is 0 Å². The third-order valence-electron chi connectivity index (χ3n) is 2.27. The smallest absolute Gasteiger partial charge is 0.256 e. The molecule has 0 saturated carbocycles. The van der Waals surface area contributed by atoms with E-state index in [1.165, 1.54) is 7.11 Å². The number of ether oxygens (including phenoxy) is 1. The number of benzene rings is 1. The Balaban J connectivity index is 2.80. The summed E-state index contributed by atoms with van der Waals surface area (Å²) in [6.07, 6.45) is 0. The summed E-state index contributed by atoms with van der Waals surface area (Å²) in [6.45, 7) is 3.39. The van der Waals surface area contributed by atoms with Gasteiger partial charge in [-0.2, -0.15) is 0 Å². The molecular weight excluding hydrogens is 192 g/mol. The fourth-order valence-corrected chi connectivity index (χ4v) is 0.976. The summed E-state index contributed by atoms with van der Waals surface area (Å²) >= 11 is 0. The van der Waals surface area contributed by atoms with Gasteiger partial charge in [-0.3, -0.25) is 4.79 Å². The maximum absolute atomic E-state index is 11.7. The summed E-state index contributed by atoms with van der Waals surface area (Å²) in [5.41, 5.74) is 5.98. The average Bonchev–Trinajstić information content (AvgIpc) is 2.21. The number of carbonyl (C=O) groups excluding carboxylic acids is 1. The van der Waals surface area contributed by atoms with Crippen molar-refractivity contribution in [3.05, 3.63) is 24.3 Å². The van der Waals surface area contributed by atoms with E-state index in [1.807, 2.05) is 12.1 Å². The molecule has 1 aromatic carbocycles. The molecule has 1 amide bonds. The number of rotatable bonds is 3. The second-order valence-electron chi connectivity index (χ2n) is 3.76. The fourth-order valence-electron chi connectivity index (χ4n) is 0.976. The Labute approximate surface area is 89.4 Å². The van der Waals surface area contributed by atoms with E-state index in [0.29, 0.717) is 11.4 Å². The van der Waals surface area contributed by atoms with Crippen molar-refractivity contribution in [3.63, 3.8) is 0 Å². The zero-order chi connectivity index (χ0) is 11.5. The van der Waals surface area contributed by atoms with Crippen molar-refractivity contribution in [1.82, 2.24) is 0 Å². The molecule has 1 rings (SSSR count). The van der Waals surface area contributed by atoms with Gasteiger partial charge in [-0.25, -0.2) is 0 Å². The van der Waals surface area contributed by atoms with E-state index < -0.39 is 5.60 Å². The van der Waals surface area contributed by atoms with Gasteiger partial charge in [-0.15, -0.1) is 0 Å². The molecule has 1 aromatic rings. The van der Waals surface area contributed by atoms with Crippen LogP contribution in [0.2, 0.25) is 0 Å². The number of hydrogen-bond acceptors (Lipinski definition) is 3. The Morgan fingerprint density at radius 3 is 2.53 bits per heavy atom. The van der Waals surface area contributed by atoms with Crippen LogP contribution in [0.1, 0.15) is 13.8 Å². The van der Waals surface area contributed by atoms with Gasteiger partial charge in [0, 0.05) is 7.11 Å². The van der Waals surface area contributed by atoms with Crippen molar-refractivity contribution in [2.24, 2.45) is 0 Å². The highest BCUT2D eigenvalue weighted by Crippen LogP contribution is 2.19. The second-order valence-corrected chi connectivity index (χ2v) is 3.76. The van der Waals surface area contributed by atoms with Crippen molar-refractivity contribution >= 4 is 17.3 Å². The number of methoxy groups -OCH3 is 1. The van der Waals surface area contributed by atoms with Crippen molar-refractivity contribution in [3.8, 4) is 0 Å². The van der Waals surface area contributed by atoms with Gasteiger partial charge in [0.2, 0.25) is 0 Å². The Kier molecular flexibility index (Phi) is 3.31. The van der Waals surface area contributed by atoms with Gasteiger partial charge in [0.1, 0.15) is 5.60 Å². The molecule has 0 atom stereocenters. The van der Waals surface area contributed by atoms with E-state index in [0.717, 1.165) is 0 Å². The third kappa shape index (κ3) is 2.70. The van der Waals surface area contributed by atoms with Crippen LogP contribution in [0.15, 0.2) is 24.3 Å². The van der Waals surface area contributed by atoms with Gasteiger partial charge >= 0.3 is 0 Å². The number of nitrogens with two attached hydrogens (primary N) is 1. The summed E-state index contributed by atoms with van der Waals surface area (Å²) in [7, 11) is 1.49. The van der Waals surface area contributed by atoms with Gasteiger partial charge in [0.15, 0.2) is 0 Å². The van der Waals surface area contributed by atoms with Gasteiger partial charge in [-0.1, -0.05) is 12.1 Å². The van der Waals surface area contributed by atoms with E-state index in [9.17, 15) is 4.79 Å². The molecule has 0 aliphatic carbocycles. The zero-order valence-electron chi connectivity index (χ0n) is 9.20. The van der Waals surface area contributed by atoms with Crippen molar-refractivity contribution in [2.75, 3.05) is 18.2 Å². The average molecular weight is 208 g/mol. The predicted octanol–water partition coefficient (Wildman–Crippen LogP) is 1.63. The summed E-state index contributed by atoms with van der Waals surface area (Å²) in [6, 6.07) is 7.10. The van der Waals surface area contributed by atoms with E-state index in [-0.39, 0.29) is 5.91 Å². The Hall–Kier alpha value is -1.55. The molecule has 0 bridgehead atoms. The Bertz CT molecular complexity index is 361. The number of anilines is 2. The summed E-state index contributed by atoms with van der Waals surface area (Å²) in [5, 5.41) is 2.71. The minimum Gasteiger partial charge on any atom is -0.397 e. The second kappa shape index (κ2) is 4.31. The first kappa shape index (κ1) is 11.5. The van der Waals surface area contributed by atoms with Gasteiger partial charge in [-0.05, 0) is 26.0 Å². The lowest BCUT2D eigenvalue weighted by atomic mass is 10.1. The lowest BCUT2D eigenvalue weighted by Crippen LogP contribution is -2.38. The Morgan fingerprint density at radius 1 is 1.40 bits per heavy atom. The molecule has 4 nitrogen and oxygen atoms in total. The number of carbonyl (C=O) groups is 1. The van der Waals surface area contributed by atoms with Gasteiger partial charge in [0.25, 0.3) is 5.91 Å². The minimum absolute atomic E-state index is 0.220. The maximum atomic E-state index is 11.7. The summed E-state index contributed by atoms with van der Waals surface area (Å²) < 4.78 is 5.06. The van der Waals surface area contributed by atoms with Crippen LogP contribution in [0.5, 0.6) is 0 Å². The highest BCUT2D eigenvalue weighted by molar-refractivity contribution is 5.98. The van der Waals surface area contributed by atoms with Crippen molar-refractivity contribution < 1.29 is 9.53 Å². The first-order valence-corrected chi connectivity index (χ1v) is 4.68. The number of nitrogens with one attached hydrogen (secondary N) is 1. The number of amides is 1. The quantitative estimate of drug-likeness (QED) is 0.742. The molecule has 0 aliphatic rings. The molecule has 0 unspecified atom stereocenters. The van der Waals surface area contributed by atoms with Gasteiger partial charge in [0.05, 0.1) is 11.4 Å². The van der Waals surface area contributed by atoms with Crippen LogP contribution in [0.4, 0.5) is 11.4 Å². The molecular formula is C11H16N2O2. The van der Waals surface area contributed by atoms with E-state index in [1.54, 1.807) is 26.0 Å². The first-order valence-electron chi connectivity index (χ1n) is 4.68. The van der Waals surface area contributed by atoms with Crippen LogP contribution in [-0.2, 0) is 9.53 Å². The molecule has 0 spiro atoms.